The molecule has 0 aliphatic carbocycles. The van der Waals surface area contributed by atoms with Crippen LogP contribution >= 0.6 is 0 Å². The SMILES string of the molecule is CCc1ccccc1C(=O)N1CCC[C@@H](O)CC1. The van der Waals surface area contributed by atoms with Gasteiger partial charge in [-0.1, -0.05) is 25.1 Å². The van der Waals surface area contributed by atoms with Crippen molar-refractivity contribution in [3.63, 3.8) is 0 Å². The normalized spacial score (nSPS) is 20.6. The number of aryl methyl sites for hydroxylation is 1. The minimum absolute atomic E-state index is 0.113. The highest BCUT2D eigenvalue weighted by atomic mass is 16.3. The Morgan fingerprint density at radius 2 is 2.11 bits per heavy atom. The maximum atomic E-state index is 12.5. The summed E-state index contributed by atoms with van der Waals surface area (Å²) in [7, 11) is 0. The predicted molar refractivity (Wildman–Crippen MR) is 71.6 cm³/mol. The monoisotopic (exact) mass is 247 g/mol. The quantitative estimate of drug-likeness (QED) is 0.870. The smallest absolute Gasteiger partial charge is 0.254 e. The Hall–Kier alpha value is -1.35. The Bertz CT molecular complexity index is 417. The first-order valence-corrected chi connectivity index (χ1v) is 6.77. The first-order valence-electron chi connectivity index (χ1n) is 6.77. The topological polar surface area (TPSA) is 40.5 Å². The highest BCUT2D eigenvalue weighted by molar-refractivity contribution is 5.95. The van der Waals surface area contributed by atoms with E-state index in [-0.39, 0.29) is 12.0 Å². The Labute approximate surface area is 108 Å². The lowest BCUT2D eigenvalue weighted by Gasteiger charge is -2.21. The van der Waals surface area contributed by atoms with Crippen molar-refractivity contribution in [3.05, 3.63) is 35.4 Å². The van der Waals surface area contributed by atoms with Gasteiger partial charge in [0.25, 0.3) is 5.91 Å². The van der Waals surface area contributed by atoms with E-state index in [0.29, 0.717) is 13.0 Å². The second-order valence-electron chi connectivity index (χ2n) is 4.89. The first kappa shape index (κ1) is 13.1. The number of likely N-dealkylation sites (tertiary alicyclic amines) is 1. The summed E-state index contributed by atoms with van der Waals surface area (Å²) in [5, 5.41) is 9.62. The molecule has 0 unspecified atom stereocenters. The van der Waals surface area contributed by atoms with Gasteiger partial charge in [-0.2, -0.15) is 0 Å². The van der Waals surface area contributed by atoms with Gasteiger partial charge in [0.1, 0.15) is 0 Å². The molecule has 1 fully saturated rings. The molecule has 1 heterocycles. The van der Waals surface area contributed by atoms with Gasteiger partial charge in [0.2, 0.25) is 0 Å². The molecule has 1 aliphatic rings. The van der Waals surface area contributed by atoms with E-state index in [2.05, 4.69) is 6.92 Å². The summed E-state index contributed by atoms with van der Waals surface area (Å²) in [6, 6.07) is 7.81. The van der Waals surface area contributed by atoms with Crippen LogP contribution < -0.4 is 0 Å². The van der Waals surface area contributed by atoms with E-state index in [4.69, 9.17) is 0 Å². The van der Waals surface area contributed by atoms with Crippen LogP contribution in [0.3, 0.4) is 0 Å². The molecular weight excluding hydrogens is 226 g/mol. The van der Waals surface area contributed by atoms with E-state index in [1.807, 2.05) is 29.2 Å². The Kier molecular flexibility index (Phi) is 4.37. The van der Waals surface area contributed by atoms with Crippen LogP contribution in [0.5, 0.6) is 0 Å². The van der Waals surface area contributed by atoms with E-state index in [1.54, 1.807) is 0 Å². The van der Waals surface area contributed by atoms with Crippen molar-refractivity contribution >= 4 is 5.91 Å². The van der Waals surface area contributed by atoms with Crippen LogP contribution in [0.2, 0.25) is 0 Å². The van der Waals surface area contributed by atoms with E-state index < -0.39 is 0 Å². The van der Waals surface area contributed by atoms with E-state index in [9.17, 15) is 9.90 Å². The molecule has 0 bridgehead atoms. The van der Waals surface area contributed by atoms with Crippen LogP contribution in [0.1, 0.15) is 42.1 Å². The lowest BCUT2D eigenvalue weighted by Crippen LogP contribution is -2.32. The average molecular weight is 247 g/mol. The number of hydrogen-bond donors (Lipinski definition) is 1. The van der Waals surface area contributed by atoms with Gasteiger partial charge in [0.05, 0.1) is 6.10 Å². The molecule has 1 aliphatic heterocycles. The van der Waals surface area contributed by atoms with Crippen molar-refractivity contribution in [1.29, 1.82) is 0 Å². The van der Waals surface area contributed by atoms with Crippen molar-refractivity contribution in [2.75, 3.05) is 13.1 Å². The molecule has 2 rings (SSSR count). The third-order valence-electron chi connectivity index (χ3n) is 3.61. The summed E-state index contributed by atoms with van der Waals surface area (Å²) in [5.41, 5.74) is 1.92. The lowest BCUT2D eigenvalue weighted by molar-refractivity contribution is 0.0752. The lowest BCUT2D eigenvalue weighted by atomic mass is 10.0. The molecule has 3 nitrogen and oxygen atoms in total. The minimum Gasteiger partial charge on any atom is -0.393 e. The van der Waals surface area contributed by atoms with E-state index >= 15 is 0 Å². The summed E-state index contributed by atoms with van der Waals surface area (Å²) >= 11 is 0. The Morgan fingerprint density at radius 1 is 1.33 bits per heavy atom. The molecule has 18 heavy (non-hydrogen) atoms. The molecule has 1 aromatic carbocycles. The van der Waals surface area contributed by atoms with Crippen LogP contribution in [0.15, 0.2) is 24.3 Å². The van der Waals surface area contributed by atoms with Gasteiger partial charge >= 0.3 is 0 Å². The number of carbonyl (C=O) groups is 1. The first-order chi connectivity index (χ1) is 8.72. The summed E-state index contributed by atoms with van der Waals surface area (Å²) in [6.07, 6.45) is 3.02. The summed E-state index contributed by atoms with van der Waals surface area (Å²) < 4.78 is 0. The van der Waals surface area contributed by atoms with Crippen molar-refractivity contribution in [3.8, 4) is 0 Å². The van der Waals surface area contributed by atoms with Gasteiger partial charge in [-0.25, -0.2) is 0 Å². The van der Waals surface area contributed by atoms with Crippen LogP contribution in [0.4, 0.5) is 0 Å². The van der Waals surface area contributed by atoms with Crippen molar-refractivity contribution in [2.24, 2.45) is 0 Å². The van der Waals surface area contributed by atoms with Crippen LogP contribution in [-0.4, -0.2) is 35.1 Å². The molecule has 0 saturated carbocycles. The Morgan fingerprint density at radius 3 is 2.89 bits per heavy atom. The van der Waals surface area contributed by atoms with Gasteiger partial charge in [-0.05, 0) is 37.3 Å². The minimum atomic E-state index is -0.246. The zero-order valence-corrected chi connectivity index (χ0v) is 10.9. The van der Waals surface area contributed by atoms with E-state index in [0.717, 1.165) is 36.9 Å². The number of benzene rings is 1. The molecular formula is C15H21NO2. The highest BCUT2D eigenvalue weighted by Crippen LogP contribution is 2.16. The molecule has 1 saturated heterocycles. The number of rotatable bonds is 2. The molecule has 1 N–H and O–H groups in total. The molecule has 1 aromatic rings. The van der Waals surface area contributed by atoms with Crippen LogP contribution in [0, 0.1) is 0 Å². The zero-order valence-electron chi connectivity index (χ0n) is 10.9. The fourth-order valence-electron chi connectivity index (χ4n) is 2.49. The molecule has 1 amide bonds. The van der Waals surface area contributed by atoms with Gasteiger partial charge in [0, 0.05) is 18.7 Å². The molecule has 1 atom stereocenters. The molecule has 3 heteroatoms. The predicted octanol–water partition coefficient (Wildman–Crippen LogP) is 2.24. The van der Waals surface area contributed by atoms with Crippen molar-refractivity contribution in [2.45, 2.75) is 38.7 Å². The summed E-state index contributed by atoms with van der Waals surface area (Å²) in [5.74, 6) is 0.113. The largest absolute Gasteiger partial charge is 0.393 e. The molecule has 0 spiro atoms. The van der Waals surface area contributed by atoms with Crippen molar-refractivity contribution in [1.82, 2.24) is 4.90 Å². The highest BCUT2D eigenvalue weighted by Gasteiger charge is 2.21. The zero-order chi connectivity index (χ0) is 13.0. The van der Waals surface area contributed by atoms with Crippen molar-refractivity contribution < 1.29 is 9.90 Å². The van der Waals surface area contributed by atoms with Gasteiger partial charge in [-0.15, -0.1) is 0 Å². The summed E-state index contributed by atoms with van der Waals surface area (Å²) in [4.78, 5) is 14.4. The standard InChI is InChI=1S/C15H21NO2/c1-2-12-6-3-4-8-14(12)15(18)16-10-5-7-13(17)9-11-16/h3-4,6,8,13,17H,2,5,7,9-11H2,1H3/t13-/m1/s1. The third-order valence-corrected chi connectivity index (χ3v) is 3.61. The van der Waals surface area contributed by atoms with Crippen LogP contribution in [0.25, 0.3) is 0 Å². The van der Waals surface area contributed by atoms with E-state index in [1.165, 1.54) is 0 Å². The molecule has 0 radical (unpaired) electrons. The van der Waals surface area contributed by atoms with Gasteiger partial charge in [0.15, 0.2) is 0 Å². The Balaban J connectivity index is 2.15. The second kappa shape index (κ2) is 6.01. The van der Waals surface area contributed by atoms with Gasteiger partial charge in [-0.3, -0.25) is 4.79 Å². The number of hydrogen-bond acceptors (Lipinski definition) is 2. The summed E-state index contributed by atoms with van der Waals surface area (Å²) in [6.45, 7) is 3.49. The van der Waals surface area contributed by atoms with Crippen LogP contribution in [-0.2, 0) is 6.42 Å². The number of amides is 1. The van der Waals surface area contributed by atoms with Gasteiger partial charge < -0.3 is 10.0 Å². The third kappa shape index (κ3) is 2.91. The number of nitrogens with zero attached hydrogens (tertiary/aromatic N) is 1. The average Bonchev–Trinajstić information content (AvgIpc) is 2.62. The number of carbonyl (C=O) groups excluding carboxylic acids is 1. The number of aliphatic hydroxyl groups excluding tert-OH is 1. The second-order valence-corrected chi connectivity index (χ2v) is 4.89. The molecule has 98 valence electrons. The fourth-order valence-corrected chi connectivity index (χ4v) is 2.49. The fraction of sp³-hybridized carbons (Fsp3) is 0.533. The number of aliphatic hydroxyl groups is 1. The molecule has 0 aromatic heterocycles. The maximum Gasteiger partial charge on any atom is 0.254 e. The maximum absolute atomic E-state index is 12.5.